The lowest BCUT2D eigenvalue weighted by atomic mass is 9.94. The minimum Gasteiger partial charge on any atom is -0.366 e. The highest BCUT2D eigenvalue weighted by Crippen LogP contribution is 2.19. The Bertz CT molecular complexity index is 449. The van der Waals surface area contributed by atoms with E-state index in [1.165, 1.54) is 25.1 Å². The van der Waals surface area contributed by atoms with Gasteiger partial charge in [0, 0.05) is 11.1 Å². The molecule has 0 aliphatic rings. The minimum absolute atomic E-state index is 0.178. The van der Waals surface area contributed by atoms with E-state index in [0.717, 1.165) is 0 Å². The number of hydrogen-bond acceptors (Lipinski definition) is 4. The van der Waals surface area contributed by atoms with Gasteiger partial charge in [0.05, 0.1) is 5.66 Å². The van der Waals surface area contributed by atoms with Crippen molar-refractivity contribution in [1.82, 2.24) is 0 Å². The molecule has 0 unspecified atom stereocenters. The molecule has 6 nitrogen and oxygen atoms in total. The molecular formula is C10H14N4O2. The second-order valence-corrected chi connectivity index (χ2v) is 3.77. The quantitative estimate of drug-likeness (QED) is 0.486. The number of benzene rings is 1. The van der Waals surface area contributed by atoms with E-state index in [9.17, 15) is 9.59 Å². The van der Waals surface area contributed by atoms with Crippen molar-refractivity contribution in [2.75, 3.05) is 0 Å². The van der Waals surface area contributed by atoms with Crippen molar-refractivity contribution in [3.63, 3.8) is 0 Å². The normalized spacial score (nSPS) is 11.2. The number of hydrogen-bond donors (Lipinski definition) is 4. The second kappa shape index (κ2) is 3.92. The van der Waals surface area contributed by atoms with Crippen molar-refractivity contribution in [2.45, 2.75) is 12.6 Å². The molecule has 0 atom stereocenters. The Hall–Kier alpha value is -1.92. The van der Waals surface area contributed by atoms with E-state index in [4.69, 9.17) is 22.9 Å². The third-order valence-corrected chi connectivity index (χ3v) is 2.15. The SMILES string of the molecule is CC(N)(N)c1cc(C(N)=O)ccc1C(N)=O. The first-order chi connectivity index (χ1) is 7.23. The lowest BCUT2D eigenvalue weighted by Crippen LogP contribution is -2.44. The minimum atomic E-state index is -1.27. The molecule has 16 heavy (non-hydrogen) atoms. The van der Waals surface area contributed by atoms with Gasteiger partial charge in [0.25, 0.3) is 0 Å². The molecule has 0 fully saturated rings. The highest BCUT2D eigenvalue weighted by Gasteiger charge is 2.22. The lowest BCUT2D eigenvalue weighted by molar-refractivity contribution is 0.0986. The van der Waals surface area contributed by atoms with E-state index in [1.54, 1.807) is 0 Å². The smallest absolute Gasteiger partial charge is 0.249 e. The van der Waals surface area contributed by atoms with Crippen LogP contribution >= 0.6 is 0 Å². The Balaban J connectivity index is 3.45. The molecule has 1 aromatic rings. The summed E-state index contributed by atoms with van der Waals surface area (Å²) in [5, 5.41) is 0. The average molecular weight is 222 g/mol. The molecule has 0 aliphatic heterocycles. The van der Waals surface area contributed by atoms with Gasteiger partial charge in [-0.05, 0) is 30.7 Å². The van der Waals surface area contributed by atoms with Crippen LogP contribution in [0.15, 0.2) is 18.2 Å². The Morgan fingerprint density at radius 1 is 1.12 bits per heavy atom. The molecule has 8 N–H and O–H groups in total. The van der Waals surface area contributed by atoms with Crippen LogP contribution in [0.5, 0.6) is 0 Å². The second-order valence-electron chi connectivity index (χ2n) is 3.77. The Morgan fingerprint density at radius 3 is 2.06 bits per heavy atom. The van der Waals surface area contributed by atoms with Gasteiger partial charge >= 0.3 is 0 Å². The molecule has 0 radical (unpaired) electrons. The molecule has 0 aromatic heterocycles. The fraction of sp³-hybridized carbons (Fsp3) is 0.200. The molecule has 0 saturated carbocycles. The summed E-state index contributed by atoms with van der Waals surface area (Å²) in [4.78, 5) is 22.1. The average Bonchev–Trinajstić information content (AvgIpc) is 2.15. The first kappa shape index (κ1) is 12.2. The van der Waals surface area contributed by atoms with Crippen LogP contribution in [-0.4, -0.2) is 11.8 Å². The number of amides is 2. The molecule has 1 rings (SSSR count). The van der Waals surface area contributed by atoms with Gasteiger partial charge in [-0.2, -0.15) is 0 Å². The molecule has 0 heterocycles. The summed E-state index contributed by atoms with van der Waals surface area (Å²) in [6, 6.07) is 4.16. The Morgan fingerprint density at radius 2 is 1.69 bits per heavy atom. The molecular weight excluding hydrogens is 208 g/mol. The number of carbonyl (C=O) groups is 2. The molecule has 0 saturated heterocycles. The van der Waals surface area contributed by atoms with Gasteiger partial charge in [0.15, 0.2) is 0 Å². The summed E-state index contributed by atoms with van der Waals surface area (Å²) in [5.41, 5.74) is 21.1. The molecule has 6 heteroatoms. The molecule has 0 spiro atoms. The van der Waals surface area contributed by atoms with Crippen LogP contribution in [0.3, 0.4) is 0 Å². The molecule has 1 aromatic carbocycles. The highest BCUT2D eigenvalue weighted by atomic mass is 16.1. The first-order valence-electron chi connectivity index (χ1n) is 4.55. The standard InChI is InChI=1S/C10H14N4O2/c1-10(13,14)7-4-5(8(11)15)2-3-6(7)9(12)16/h2-4H,13-14H2,1H3,(H2,11,15)(H2,12,16). The maximum absolute atomic E-state index is 11.1. The van der Waals surface area contributed by atoms with Crippen LogP contribution in [0, 0.1) is 0 Å². The van der Waals surface area contributed by atoms with Gasteiger partial charge in [-0.15, -0.1) is 0 Å². The van der Waals surface area contributed by atoms with Crippen molar-refractivity contribution in [1.29, 1.82) is 0 Å². The van der Waals surface area contributed by atoms with Gasteiger partial charge in [-0.3, -0.25) is 9.59 Å². The van der Waals surface area contributed by atoms with Gasteiger partial charge in [-0.1, -0.05) is 0 Å². The third kappa shape index (κ3) is 2.36. The maximum Gasteiger partial charge on any atom is 0.249 e. The van der Waals surface area contributed by atoms with Crippen LogP contribution in [0.1, 0.15) is 33.2 Å². The van der Waals surface area contributed by atoms with E-state index in [1.807, 2.05) is 0 Å². The van der Waals surface area contributed by atoms with Crippen molar-refractivity contribution in [2.24, 2.45) is 22.9 Å². The lowest BCUT2D eigenvalue weighted by Gasteiger charge is -2.22. The topological polar surface area (TPSA) is 138 Å². The number of primary amides is 2. The van der Waals surface area contributed by atoms with E-state index in [0.29, 0.717) is 0 Å². The molecule has 86 valence electrons. The monoisotopic (exact) mass is 222 g/mol. The molecule has 0 aliphatic carbocycles. The van der Waals surface area contributed by atoms with Crippen LogP contribution in [0.2, 0.25) is 0 Å². The first-order valence-corrected chi connectivity index (χ1v) is 4.55. The van der Waals surface area contributed by atoms with Crippen LogP contribution in [-0.2, 0) is 5.66 Å². The van der Waals surface area contributed by atoms with Gasteiger partial charge in [0.2, 0.25) is 11.8 Å². The number of rotatable bonds is 3. The Kier molecular flexibility index (Phi) is 2.97. The number of carbonyl (C=O) groups excluding carboxylic acids is 2. The van der Waals surface area contributed by atoms with Crippen LogP contribution in [0.25, 0.3) is 0 Å². The van der Waals surface area contributed by atoms with Crippen LogP contribution < -0.4 is 22.9 Å². The van der Waals surface area contributed by atoms with E-state index >= 15 is 0 Å². The van der Waals surface area contributed by atoms with Crippen LogP contribution in [0.4, 0.5) is 0 Å². The summed E-state index contributed by atoms with van der Waals surface area (Å²) in [7, 11) is 0. The van der Waals surface area contributed by atoms with E-state index in [2.05, 4.69) is 0 Å². The van der Waals surface area contributed by atoms with Crippen molar-refractivity contribution in [3.05, 3.63) is 34.9 Å². The fourth-order valence-electron chi connectivity index (χ4n) is 1.36. The van der Waals surface area contributed by atoms with Crippen molar-refractivity contribution in [3.8, 4) is 0 Å². The Labute approximate surface area is 92.6 Å². The zero-order chi connectivity index (χ0) is 12.5. The molecule has 2 amide bonds. The predicted octanol–water partition coefficient (Wildman–Crippen LogP) is -1.03. The maximum atomic E-state index is 11.1. The summed E-state index contributed by atoms with van der Waals surface area (Å²) >= 11 is 0. The summed E-state index contributed by atoms with van der Waals surface area (Å²) < 4.78 is 0. The van der Waals surface area contributed by atoms with E-state index < -0.39 is 17.5 Å². The predicted molar refractivity (Wildman–Crippen MR) is 59.2 cm³/mol. The summed E-state index contributed by atoms with van der Waals surface area (Å²) in [6.45, 7) is 1.50. The summed E-state index contributed by atoms with van der Waals surface area (Å²) in [5.74, 6) is -1.28. The fourth-order valence-corrected chi connectivity index (χ4v) is 1.36. The largest absolute Gasteiger partial charge is 0.366 e. The third-order valence-electron chi connectivity index (χ3n) is 2.15. The van der Waals surface area contributed by atoms with Gasteiger partial charge in [0.1, 0.15) is 0 Å². The van der Waals surface area contributed by atoms with Gasteiger partial charge < -0.3 is 22.9 Å². The van der Waals surface area contributed by atoms with Gasteiger partial charge in [-0.25, -0.2) is 0 Å². The van der Waals surface area contributed by atoms with Crippen molar-refractivity contribution >= 4 is 11.8 Å². The zero-order valence-electron chi connectivity index (χ0n) is 8.86. The van der Waals surface area contributed by atoms with E-state index in [-0.39, 0.29) is 16.7 Å². The zero-order valence-corrected chi connectivity index (χ0v) is 8.86. The van der Waals surface area contributed by atoms with Crippen molar-refractivity contribution < 1.29 is 9.59 Å². The highest BCUT2D eigenvalue weighted by molar-refractivity contribution is 5.98. The molecule has 0 bridgehead atoms. The number of nitrogens with two attached hydrogens (primary N) is 4. The summed E-state index contributed by atoms with van der Waals surface area (Å²) in [6.07, 6.45) is 0.